The quantitative estimate of drug-likeness (QED) is 0.237. The predicted molar refractivity (Wildman–Crippen MR) is 139 cm³/mol. The van der Waals surface area contributed by atoms with E-state index in [4.69, 9.17) is 16.7 Å². The van der Waals surface area contributed by atoms with Crippen LogP contribution in [0.2, 0.25) is 5.02 Å². The van der Waals surface area contributed by atoms with Gasteiger partial charge in [-0.25, -0.2) is 5.43 Å². The van der Waals surface area contributed by atoms with Gasteiger partial charge in [0.2, 0.25) is 0 Å². The van der Waals surface area contributed by atoms with Crippen molar-refractivity contribution in [3.8, 4) is 0 Å². The summed E-state index contributed by atoms with van der Waals surface area (Å²) in [5.74, 6) is 0.601. The molecule has 34 heavy (non-hydrogen) atoms. The number of nitrogens with one attached hydrogen (secondary N) is 3. The summed E-state index contributed by atoms with van der Waals surface area (Å²) in [5, 5.41) is 12.2. The zero-order chi connectivity index (χ0) is 24.5. The van der Waals surface area contributed by atoms with Gasteiger partial charge in [-0.2, -0.15) is 11.8 Å². The fourth-order valence-electron chi connectivity index (χ4n) is 3.27. The molecule has 0 spiro atoms. The number of rotatable bonds is 10. The first-order valence-corrected chi connectivity index (χ1v) is 12.4. The minimum absolute atomic E-state index is 0.117. The average molecular weight is 498 g/mol. The Kier molecular flexibility index (Phi) is 9.53. The lowest BCUT2D eigenvalue weighted by Crippen LogP contribution is -2.37. The van der Waals surface area contributed by atoms with E-state index in [9.17, 15) is 9.59 Å². The number of carbonyl (C=O) groups is 2. The standard InChI is InChI=1S/C26H28ClN3O3S/c1-17-6-7-19(12-18(17)2)15-28-30-26(33)23-14-22(27)8-9-24(23)29-25(32)21-5-3-4-20(13-21)16-34-11-10-31/h3-9,12-14,28,31H,10-11,15-16H2,1-2H3,(H,29,32)(H,30,33). The number of hydrogen-bond donors (Lipinski definition) is 4. The fourth-order valence-corrected chi connectivity index (χ4v) is 4.13. The highest BCUT2D eigenvalue weighted by Gasteiger charge is 2.15. The van der Waals surface area contributed by atoms with E-state index in [-0.39, 0.29) is 18.1 Å². The molecule has 0 unspecified atom stereocenters. The number of amides is 2. The molecule has 0 atom stereocenters. The molecule has 0 saturated heterocycles. The van der Waals surface area contributed by atoms with Crippen molar-refractivity contribution in [1.82, 2.24) is 10.9 Å². The van der Waals surface area contributed by atoms with Crippen LogP contribution in [-0.4, -0.2) is 29.3 Å². The van der Waals surface area contributed by atoms with Crippen LogP contribution in [0.1, 0.15) is 43.0 Å². The van der Waals surface area contributed by atoms with Crippen molar-refractivity contribution in [2.24, 2.45) is 0 Å². The van der Waals surface area contributed by atoms with Gasteiger partial charge in [0.25, 0.3) is 11.8 Å². The van der Waals surface area contributed by atoms with E-state index in [2.05, 4.69) is 29.2 Å². The van der Waals surface area contributed by atoms with E-state index in [1.54, 1.807) is 36.0 Å². The second kappa shape index (κ2) is 12.6. The number of halogens is 1. The van der Waals surface area contributed by atoms with Crippen LogP contribution < -0.4 is 16.2 Å². The molecule has 0 saturated carbocycles. The van der Waals surface area contributed by atoms with Gasteiger partial charge in [-0.1, -0.05) is 41.9 Å². The molecular weight excluding hydrogens is 470 g/mol. The van der Waals surface area contributed by atoms with E-state index >= 15 is 0 Å². The summed E-state index contributed by atoms with van der Waals surface area (Å²) in [6, 6.07) is 18.1. The molecule has 0 aliphatic rings. The molecule has 0 aliphatic heterocycles. The van der Waals surface area contributed by atoms with Gasteiger partial charge in [-0.3, -0.25) is 15.0 Å². The number of aryl methyl sites for hydroxylation is 2. The number of anilines is 1. The minimum atomic E-state index is -0.407. The lowest BCUT2D eigenvalue weighted by molar-refractivity contribution is 0.0933. The smallest absolute Gasteiger partial charge is 0.267 e. The maximum absolute atomic E-state index is 12.9. The third-order valence-corrected chi connectivity index (χ3v) is 6.48. The van der Waals surface area contributed by atoms with Crippen LogP contribution in [0.4, 0.5) is 5.69 Å². The maximum Gasteiger partial charge on any atom is 0.267 e. The van der Waals surface area contributed by atoms with Gasteiger partial charge >= 0.3 is 0 Å². The van der Waals surface area contributed by atoms with Crippen LogP contribution in [0.15, 0.2) is 60.7 Å². The fraction of sp³-hybridized carbons (Fsp3) is 0.231. The molecule has 3 rings (SSSR count). The molecule has 3 aromatic rings. The number of benzene rings is 3. The summed E-state index contributed by atoms with van der Waals surface area (Å²) in [4.78, 5) is 25.7. The van der Waals surface area contributed by atoms with Crippen LogP contribution in [0.5, 0.6) is 0 Å². The second-order valence-electron chi connectivity index (χ2n) is 7.85. The zero-order valence-corrected chi connectivity index (χ0v) is 20.7. The van der Waals surface area contributed by atoms with Gasteiger partial charge < -0.3 is 10.4 Å². The largest absolute Gasteiger partial charge is 0.396 e. The van der Waals surface area contributed by atoms with Gasteiger partial charge in [0.15, 0.2) is 0 Å². The SMILES string of the molecule is Cc1ccc(CNNC(=O)c2cc(Cl)ccc2NC(=O)c2cccc(CSCCO)c2)cc1C. The third-order valence-electron chi connectivity index (χ3n) is 5.23. The Bertz CT molecular complexity index is 1170. The van der Waals surface area contributed by atoms with Crippen molar-refractivity contribution in [2.75, 3.05) is 17.7 Å². The molecule has 0 aliphatic carbocycles. The third kappa shape index (κ3) is 7.33. The minimum Gasteiger partial charge on any atom is -0.396 e. The highest BCUT2D eigenvalue weighted by molar-refractivity contribution is 7.98. The molecule has 178 valence electrons. The van der Waals surface area contributed by atoms with Gasteiger partial charge in [0.1, 0.15) is 0 Å². The van der Waals surface area contributed by atoms with E-state index in [0.29, 0.717) is 34.3 Å². The number of hydrogen-bond acceptors (Lipinski definition) is 5. The van der Waals surface area contributed by atoms with Crippen LogP contribution >= 0.6 is 23.4 Å². The highest BCUT2D eigenvalue weighted by atomic mass is 35.5. The molecule has 2 amide bonds. The summed E-state index contributed by atoms with van der Waals surface area (Å²) in [5.41, 5.74) is 11.1. The molecular formula is C26H28ClN3O3S. The van der Waals surface area contributed by atoms with Gasteiger partial charge in [0.05, 0.1) is 17.9 Å². The monoisotopic (exact) mass is 497 g/mol. The van der Waals surface area contributed by atoms with E-state index in [1.807, 2.05) is 31.2 Å². The number of aliphatic hydroxyl groups is 1. The summed E-state index contributed by atoms with van der Waals surface area (Å²) >= 11 is 7.71. The molecule has 0 fully saturated rings. The Hall–Kier alpha value is -2.84. The Morgan fingerprint density at radius 1 is 0.941 bits per heavy atom. The molecule has 3 aromatic carbocycles. The first-order valence-electron chi connectivity index (χ1n) is 10.8. The van der Waals surface area contributed by atoms with Crippen LogP contribution in [0.3, 0.4) is 0 Å². The van der Waals surface area contributed by atoms with E-state index < -0.39 is 5.91 Å². The highest BCUT2D eigenvalue weighted by Crippen LogP contribution is 2.22. The number of carbonyl (C=O) groups excluding carboxylic acids is 2. The van der Waals surface area contributed by atoms with Gasteiger partial charge in [-0.05, 0) is 66.4 Å². The number of aliphatic hydroxyl groups excluding tert-OH is 1. The molecule has 8 heteroatoms. The topological polar surface area (TPSA) is 90.5 Å². The van der Waals surface area contributed by atoms with Crippen molar-refractivity contribution in [1.29, 1.82) is 0 Å². The molecule has 0 aromatic heterocycles. The predicted octanol–water partition coefficient (Wildman–Crippen LogP) is 4.87. The van der Waals surface area contributed by atoms with Crippen molar-refractivity contribution >= 4 is 40.9 Å². The van der Waals surface area contributed by atoms with Crippen molar-refractivity contribution in [3.05, 3.63) is 99.1 Å². The van der Waals surface area contributed by atoms with Gasteiger partial charge in [0, 0.05) is 28.6 Å². The lowest BCUT2D eigenvalue weighted by atomic mass is 10.1. The molecule has 6 nitrogen and oxygen atoms in total. The van der Waals surface area contributed by atoms with Crippen LogP contribution in [-0.2, 0) is 12.3 Å². The summed E-state index contributed by atoms with van der Waals surface area (Å²) in [6.45, 7) is 4.67. The summed E-state index contributed by atoms with van der Waals surface area (Å²) in [7, 11) is 0. The van der Waals surface area contributed by atoms with Crippen LogP contribution in [0, 0.1) is 13.8 Å². The Labute approximate surface area is 209 Å². The van der Waals surface area contributed by atoms with Gasteiger partial charge in [-0.15, -0.1) is 0 Å². The Morgan fingerprint density at radius 3 is 2.53 bits per heavy atom. The molecule has 0 heterocycles. The number of thioether (sulfide) groups is 1. The molecule has 4 N–H and O–H groups in total. The van der Waals surface area contributed by atoms with Crippen molar-refractivity contribution in [3.63, 3.8) is 0 Å². The van der Waals surface area contributed by atoms with E-state index in [0.717, 1.165) is 11.1 Å². The average Bonchev–Trinajstić information content (AvgIpc) is 2.82. The Balaban J connectivity index is 1.66. The lowest BCUT2D eigenvalue weighted by Gasteiger charge is -2.13. The maximum atomic E-state index is 12.9. The Morgan fingerprint density at radius 2 is 1.76 bits per heavy atom. The summed E-state index contributed by atoms with van der Waals surface area (Å²) in [6.07, 6.45) is 0. The first kappa shape index (κ1) is 25.8. The van der Waals surface area contributed by atoms with E-state index in [1.165, 1.54) is 17.2 Å². The van der Waals surface area contributed by atoms with Crippen LogP contribution in [0.25, 0.3) is 0 Å². The summed E-state index contributed by atoms with van der Waals surface area (Å²) < 4.78 is 0. The molecule has 0 radical (unpaired) electrons. The number of hydrazine groups is 1. The second-order valence-corrected chi connectivity index (χ2v) is 9.39. The van der Waals surface area contributed by atoms with Crippen molar-refractivity contribution in [2.45, 2.75) is 26.1 Å². The van der Waals surface area contributed by atoms with Crippen molar-refractivity contribution < 1.29 is 14.7 Å². The zero-order valence-electron chi connectivity index (χ0n) is 19.2. The normalized spacial score (nSPS) is 10.7. The first-order chi connectivity index (χ1) is 16.4. The molecule has 0 bridgehead atoms.